The molecular formula is C20H26N4O2. The minimum Gasteiger partial charge on any atom is -0.378 e. The zero-order chi connectivity index (χ0) is 18.4. The summed E-state index contributed by atoms with van der Waals surface area (Å²) in [4.78, 5) is 20.8. The molecule has 1 atom stereocenters. The molecule has 1 aliphatic rings. The lowest BCUT2D eigenvalue weighted by atomic mass is 10.2. The summed E-state index contributed by atoms with van der Waals surface area (Å²) in [6.07, 6.45) is 1.65. The molecule has 0 radical (unpaired) electrons. The van der Waals surface area contributed by atoms with Crippen molar-refractivity contribution in [2.45, 2.75) is 12.6 Å². The highest BCUT2D eigenvalue weighted by atomic mass is 16.5. The van der Waals surface area contributed by atoms with Crippen LogP contribution in [0.4, 0.5) is 5.69 Å². The van der Waals surface area contributed by atoms with Crippen molar-refractivity contribution < 1.29 is 9.53 Å². The van der Waals surface area contributed by atoms with Gasteiger partial charge in [-0.05, 0) is 17.7 Å². The average molecular weight is 354 g/mol. The molecule has 1 N–H and O–H groups in total. The Bertz CT molecular complexity index is 721. The Morgan fingerprint density at radius 3 is 2.88 bits per heavy atom. The third-order valence-corrected chi connectivity index (χ3v) is 4.45. The lowest BCUT2D eigenvalue weighted by Gasteiger charge is -2.33. The van der Waals surface area contributed by atoms with Crippen LogP contribution in [0, 0.1) is 0 Å². The van der Waals surface area contributed by atoms with Crippen molar-refractivity contribution in [2.24, 2.45) is 0 Å². The first-order valence-corrected chi connectivity index (χ1v) is 8.91. The largest absolute Gasteiger partial charge is 0.378 e. The molecule has 6 heteroatoms. The second kappa shape index (κ2) is 8.78. The topological polar surface area (TPSA) is 57.7 Å². The van der Waals surface area contributed by atoms with Crippen LogP contribution >= 0.6 is 0 Å². The van der Waals surface area contributed by atoms with Gasteiger partial charge < -0.3 is 15.0 Å². The molecule has 0 aliphatic carbocycles. The molecule has 3 rings (SSSR count). The maximum absolute atomic E-state index is 12.4. The van der Waals surface area contributed by atoms with E-state index in [1.807, 2.05) is 31.1 Å². The Labute approximate surface area is 154 Å². The van der Waals surface area contributed by atoms with Crippen molar-refractivity contribution >= 4 is 11.6 Å². The first-order valence-electron chi connectivity index (χ1n) is 8.91. The van der Waals surface area contributed by atoms with Gasteiger partial charge in [-0.1, -0.05) is 30.3 Å². The van der Waals surface area contributed by atoms with Crippen LogP contribution in [-0.4, -0.2) is 62.2 Å². The van der Waals surface area contributed by atoms with E-state index in [0.29, 0.717) is 18.8 Å². The molecule has 138 valence electrons. The lowest BCUT2D eigenvalue weighted by molar-refractivity contribution is -0.0292. The minimum atomic E-state index is -0.169. The Balaban J connectivity index is 1.51. The third-order valence-electron chi connectivity index (χ3n) is 4.45. The molecule has 2 heterocycles. The van der Waals surface area contributed by atoms with Crippen LogP contribution in [0.15, 0.2) is 48.7 Å². The molecule has 0 spiro atoms. The number of carbonyl (C=O) groups excluding carboxylic acids is 1. The quantitative estimate of drug-likeness (QED) is 0.857. The van der Waals surface area contributed by atoms with Gasteiger partial charge in [-0.2, -0.15) is 0 Å². The second-order valence-electron chi connectivity index (χ2n) is 6.72. The maximum atomic E-state index is 12.4. The zero-order valence-corrected chi connectivity index (χ0v) is 15.4. The van der Waals surface area contributed by atoms with Crippen molar-refractivity contribution in [3.63, 3.8) is 0 Å². The van der Waals surface area contributed by atoms with Gasteiger partial charge in [0.05, 0.1) is 12.7 Å². The normalized spacial score (nSPS) is 17.7. The van der Waals surface area contributed by atoms with Crippen molar-refractivity contribution in [1.29, 1.82) is 0 Å². The number of pyridine rings is 1. The molecule has 0 unspecified atom stereocenters. The number of anilines is 1. The number of amides is 1. The number of nitrogens with one attached hydrogen (secondary N) is 1. The number of morpholine rings is 1. The minimum absolute atomic E-state index is 0.00607. The van der Waals surface area contributed by atoms with E-state index in [-0.39, 0.29) is 12.0 Å². The third kappa shape index (κ3) is 5.03. The fourth-order valence-corrected chi connectivity index (χ4v) is 3.01. The molecule has 6 nitrogen and oxygen atoms in total. The van der Waals surface area contributed by atoms with E-state index in [2.05, 4.69) is 39.5 Å². The maximum Gasteiger partial charge on any atom is 0.270 e. The van der Waals surface area contributed by atoms with Gasteiger partial charge in [-0.25, -0.2) is 0 Å². The average Bonchev–Trinajstić information content (AvgIpc) is 2.67. The molecule has 26 heavy (non-hydrogen) atoms. The molecule has 1 aliphatic heterocycles. The molecule has 0 bridgehead atoms. The summed E-state index contributed by atoms with van der Waals surface area (Å²) in [7, 11) is 3.88. The summed E-state index contributed by atoms with van der Waals surface area (Å²) in [5.74, 6) is -0.169. The SMILES string of the molecule is CN(C)c1ccnc(C(=O)NC[C@@H]2CN(Cc3ccccc3)CCO2)c1. The number of benzene rings is 1. The first kappa shape index (κ1) is 18.4. The van der Waals surface area contributed by atoms with E-state index in [9.17, 15) is 4.79 Å². The van der Waals surface area contributed by atoms with Crippen LogP contribution in [0.25, 0.3) is 0 Å². The number of hydrogen-bond donors (Lipinski definition) is 1. The monoisotopic (exact) mass is 354 g/mol. The highest BCUT2D eigenvalue weighted by Gasteiger charge is 2.21. The summed E-state index contributed by atoms with van der Waals surface area (Å²) in [6.45, 7) is 3.78. The van der Waals surface area contributed by atoms with E-state index >= 15 is 0 Å². The van der Waals surface area contributed by atoms with E-state index in [0.717, 1.165) is 25.3 Å². The van der Waals surface area contributed by atoms with Gasteiger partial charge in [-0.15, -0.1) is 0 Å². The van der Waals surface area contributed by atoms with Gasteiger partial charge in [-0.3, -0.25) is 14.7 Å². The van der Waals surface area contributed by atoms with E-state index in [1.165, 1.54) is 5.56 Å². The van der Waals surface area contributed by atoms with Gasteiger partial charge >= 0.3 is 0 Å². The van der Waals surface area contributed by atoms with Crippen LogP contribution in [0.2, 0.25) is 0 Å². The number of carbonyl (C=O) groups is 1. The van der Waals surface area contributed by atoms with Crippen molar-refractivity contribution in [1.82, 2.24) is 15.2 Å². The Hall–Kier alpha value is -2.44. The number of rotatable bonds is 6. The van der Waals surface area contributed by atoms with Crippen LogP contribution in [-0.2, 0) is 11.3 Å². The number of aromatic nitrogens is 1. The highest BCUT2D eigenvalue weighted by molar-refractivity contribution is 5.93. The fourth-order valence-electron chi connectivity index (χ4n) is 3.01. The smallest absolute Gasteiger partial charge is 0.270 e. The van der Waals surface area contributed by atoms with Crippen LogP contribution in [0.5, 0.6) is 0 Å². The molecule has 1 aromatic carbocycles. The molecule has 1 saturated heterocycles. The van der Waals surface area contributed by atoms with E-state index in [4.69, 9.17) is 4.74 Å². The van der Waals surface area contributed by atoms with Crippen LogP contribution in [0.1, 0.15) is 16.1 Å². The molecular weight excluding hydrogens is 328 g/mol. The number of nitrogens with zero attached hydrogens (tertiary/aromatic N) is 3. The number of ether oxygens (including phenoxy) is 1. The van der Waals surface area contributed by atoms with Gasteiger partial charge in [0.1, 0.15) is 5.69 Å². The molecule has 2 aromatic rings. The van der Waals surface area contributed by atoms with Gasteiger partial charge in [0, 0.05) is 52.2 Å². The summed E-state index contributed by atoms with van der Waals surface area (Å²) in [5.41, 5.74) is 2.67. The van der Waals surface area contributed by atoms with Gasteiger partial charge in [0.15, 0.2) is 0 Å². The lowest BCUT2D eigenvalue weighted by Crippen LogP contribution is -2.47. The molecule has 1 aromatic heterocycles. The van der Waals surface area contributed by atoms with Gasteiger partial charge in [0.2, 0.25) is 0 Å². The first-order chi connectivity index (χ1) is 12.6. The fraction of sp³-hybridized carbons (Fsp3) is 0.400. The van der Waals surface area contributed by atoms with Crippen LogP contribution < -0.4 is 10.2 Å². The summed E-state index contributed by atoms with van der Waals surface area (Å²) >= 11 is 0. The molecule has 1 fully saturated rings. The molecule has 0 saturated carbocycles. The summed E-state index contributed by atoms with van der Waals surface area (Å²) in [6, 6.07) is 14.1. The van der Waals surface area contributed by atoms with Crippen molar-refractivity contribution in [2.75, 3.05) is 45.2 Å². The van der Waals surface area contributed by atoms with Crippen molar-refractivity contribution in [3.8, 4) is 0 Å². The van der Waals surface area contributed by atoms with Crippen LogP contribution in [0.3, 0.4) is 0 Å². The summed E-state index contributed by atoms with van der Waals surface area (Å²) in [5, 5.41) is 2.95. The Morgan fingerprint density at radius 2 is 2.12 bits per heavy atom. The summed E-state index contributed by atoms with van der Waals surface area (Å²) < 4.78 is 5.81. The Kier molecular flexibility index (Phi) is 6.20. The number of hydrogen-bond acceptors (Lipinski definition) is 5. The van der Waals surface area contributed by atoms with Crippen molar-refractivity contribution in [3.05, 3.63) is 59.9 Å². The standard InChI is InChI=1S/C20H26N4O2/c1-23(2)17-8-9-21-19(12-17)20(25)22-13-18-15-24(10-11-26-18)14-16-6-4-3-5-7-16/h3-9,12,18H,10-11,13-15H2,1-2H3,(H,22,25)/t18-/m1/s1. The Morgan fingerprint density at radius 1 is 1.31 bits per heavy atom. The predicted octanol–water partition coefficient (Wildman–Crippen LogP) is 1.78. The van der Waals surface area contributed by atoms with Gasteiger partial charge in [0.25, 0.3) is 5.91 Å². The second-order valence-corrected chi connectivity index (χ2v) is 6.72. The molecule has 1 amide bonds. The van der Waals surface area contributed by atoms with E-state index < -0.39 is 0 Å². The van der Waals surface area contributed by atoms with E-state index in [1.54, 1.807) is 12.3 Å². The zero-order valence-electron chi connectivity index (χ0n) is 15.4. The highest BCUT2D eigenvalue weighted by Crippen LogP contribution is 2.12. The predicted molar refractivity (Wildman–Crippen MR) is 102 cm³/mol.